The summed E-state index contributed by atoms with van der Waals surface area (Å²) >= 11 is 0. The fourth-order valence-corrected chi connectivity index (χ4v) is 3.11. The molecule has 1 saturated heterocycles. The van der Waals surface area contributed by atoms with Crippen LogP contribution in [0.3, 0.4) is 0 Å². The molecule has 0 aliphatic carbocycles. The van der Waals surface area contributed by atoms with Crippen LogP contribution in [0.4, 0.5) is 0 Å². The Kier molecular flexibility index (Phi) is 4.52. The van der Waals surface area contributed by atoms with Crippen LogP contribution in [-0.2, 0) is 19.5 Å². The summed E-state index contributed by atoms with van der Waals surface area (Å²) in [6.07, 6.45) is 3.25. The fourth-order valence-electron chi connectivity index (χ4n) is 3.11. The molecule has 2 aromatic heterocycles. The molecule has 7 nitrogen and oxygen atoms in total. The van der Waals surface area contributed by atoms with Crippen molar-refractivity contribution in [1.82, 2.24) is 29.8 Å². The van der Waals surface area contributed by atoms with Crippen LogP contribution in [0.5, 0.6) is 0 Å². The Hall–Kier alpha value is -1.76. The standard InChI is InChI=1S/C15H24N6O/c1-4-14-17-15(22-19-14)10-20-7-5-6-13(8-20)9-21-12(3)16-11(2)18-21/h13H,4-10H2,1-3H3/t13-/m1/s1. The van der Waals surface area contributed by atoms with Gasteiger partial charge < -0.3 is 4.52 Å². The SMILES string of the molecule is CCc1noc(CN2CCC[C@@H](Cn3nc(C)nc3C)C2)n1. The molecule has 0 saturated carbocycles. The zero-order chi connectivity index (χ0) is 15.5. The van der Waals surface area contributed by atoms with Gasteiger partial charge in [0.25, 0.3) is 0 Å². The van der Waals surface area contributed by atoms with Gasteiger partial charge in [-0.05, 0) is 39.2 Å². The fraction of sp³-hybridized carbons (Fsp3) is 0.733. The first-order valence-corrected chi connectivity index (χ1v) is 8.06. The first kappa shape index (κ1) is 15.1. The molecule has 1 aliphatic heterocycles. The van der Waals surface area contributed by atoms with Gasteiger partial charge in [0, 0.05) is 19.5 Å². The molecule has 22 heavy (non-hydrogen) atoms. The summed E-state index contributed by atoms with van der Waals surface area (Å²) in [6.45, 7) is 9.82. The van der Waals surface area contributed by atoms with Crippen LogP contribution in [0.15, 0.2) is 4.52 Å². The highest BCUT2D eigenvalue weighted by molar-refractivity contribution is 4.90. The molecule has 0 spiro atoms. The molecule has 0 unspecified atom stereocenters. The van der Waals surface area contributed by atoms with E-state index in [0.29, 0.717) is 5.92 Å². The number of hydrogen-bond donors (Lipinski definition) is 0. The van der Waals surface area contributed by atoms with Gasteiger partial charge in [-0.1, -0.05) is 12.1 Å². The van der Waals surface area contributed by atoms with Crippen molar-refractivity contribution < 1.29 is 4.52 Å². The number of rotatable bonds is 5. The quantitative estimate of drug-likeness (QED) is 0.838. The molecule has 1 atom stereocenters. The second-order valence-electron chi connectivity index (χ2n) is 6.09. The number of hydrogen-bond acceptors (Lipinski definition) is 6. The monoisotopic (exact) mass is 304 g/mol. The Morgan fingerprint density at radius 1 is 1.27 bits per heavy atom. The van der Waals surface area contributed by atoms with E-state index in [1.54, 1.807) is 0 Å². The van der Waals surface area contributed by atoms with Crippen LogP contribution < -0.4 is 0 Å². The highest BCUT2D eigenvalue weighted by Crippen LogP contribution is 2.20. The molecule has 0 bridgehead atoms. The number of nitrogens with zero attached hydrogens (tertiary/aromatic N) is 6. The Morgan fingerprint density at radius 2 is 2.14 bits per heavy atom. The van der Waals surface area contributed by atoms with Gasteiger partial charge in [-0.2, -0.15) is 10.1 Å². The van der Waals surface area contributed by atoms with Crippen molar-refractivity contribution in [2.45, 2.75) is 53.1 Å². The van der Waals surface area contributed by atoms with Gasteiger partial charge in [-0.3, -0.25) is 4.90 Å². The molecule has 1 aliphatic rings. The Balaban J connectivity index is 1.58. The zero-order valence-corrected chi connectivity index (χ0v) is 13.6. The number of aryl methyl sites for hydroxylation is 3. The second-order valence-corrected chi connectivity index (χ2v) is 6.09. The van der Waals surface area contributed by atoms with Gasteiger partial charge in [0.15, 0.2) is 5.82 Å². The summed E-state index contributed by atoms with van der Waals surface area (Å²) in [7, 11) is 0. The topological polar surface area (TPSA) is 72.9 Å². The minimum Gasteiger partial charge on any atom is -0.338 e. The lowest BCUT2D eigenvalue weighted by Crippen LogP contribution is -2.37. The van der Waals surface area contributed by atoms with Crippen LogP contribution >= 0.6 is 0 Å². The first-order chi connectivity index (χ1) is 10.6. The number of piperidine rings is 1. The highest BCUT2D eigenvalue weighted by atomic mass is 16.5. The van der Waals surface area contributed by atoms with Crippen LogP contribution in [0.1, 0.15) is 43.1 Å². The first-order valence-electron chi connectivity index (χ1n) is 8.06. The van der Waals surface area contributed by atoms with Crippen LogP contribution in [0, 0.1) is 19.8 Å². The summed E-state index contributed by atoms with van der Waals surface area (Å²) in [5.41, 5.74) is 0. The van der Waals surface area contributed by atoms with Crippen molar-refractivity contribution in [2.75, 3.05) is 13.1 Å². The summed E-state index contributed by atoms with van der Waals surface area (Å²) in [4.78, 5) is 11.2. The van der Waals surface area contributed by atoms with Gasteiger partial charge in [0.2, 0.25) is 5.89 Å². The van der Waals surface area contributed by atoms with E-state index in [1.807, 2.05) is 25.5 Å². The molecule has 0 radical (unpaired) electrons. The minimum absolute atomic E-state index is 0.599. The van der Waals surface area contributed by atoms with Crippen molar-refractivity contribution in [2.24, 2.45) is 5.92 Å². The molecule has 3 rings (SSSR count). The molecule has 0 aromatic carbocycles. The third-order valence-electron chi connectivity index (χ3n) is 4.18. The van der Waals surface area contributed by atoms with E-state index in [4.69, 9.17) is 4.52 Å². The number of aromatic nitrogens is 5. The van der Waals surface area contributed by atoms with Crippen LogP contribution in [0.25, 0.3) is 0 Å². The van der Waals surface area contributed by atoms with Gasteiger partial charge >= 0.3 is 0 Å². The summed E-state index contributed by atoms with van der Waals surface area (Å²) < 4.78 is 7.34. The molecule has 2 aromatic rings. The third-order valence-corrected chi connectivity index (χ3v) is 4.18. The Bertz CT molecular complexity index is 619. The smallest absolute Gasteiger partial charge is 0.240 e. The average Bonchev–Trinajstić information content (AvgIpc) is 3.06. The summed E-state index contributed by atoms with van der Waals surface area (Å²) in [5.74, 6) is 3.96. The van der Waals surface area contributed by atoms with Crippen molar-refractivity contribution >= 4 is 0 Å². The molecule has 3 heterocycles. The predicted octanol–water partition coefficient (Wildman–Crippen LogP) is 1.75. The molecule has 0 amide bonds. The van der Waals surface area contributed by atoms with Gasteiger partial charge in [-0.15, -0.1) is 0 Å². The van der Waals surface area contributed by atoms with Crippen molar-refractivity contribution in [1.29, 1.82) is 0 Å². The molecule has 7 heteroatoms. The Morgan fingerprint density at radius 3 is 2.82 bits per heavy atom. The zero-order valence-electron chi connectivity index (χ0n) is 13.6. The maximum Gasteiger partial charge on any atom is 0.240 e. The third kappa shape index (κ3) is 3.52. The molecular weight excluding hydrogens is 280 g/mol. The van der Waals surface area contributed by atoms with Gasteiger partial charge in [0.1, 0.15) is 11.6 Å². The summed E-state index contributed by atoms with van der Waals surface area (Å²) in [5, 5.41) is 8.44. The van der Waals surface area contributed by atoms with E-state index >= 15 is 0 Å². The van der Waals surface area contributed by atoms with Crippen LogP contribution in [-0.4, -0.2) is 42.9 Å². The van der Waals surface area contributed by atoms with Crippen molar-refractivity contribution in [3.63, 3.8) is 0 Å². The largest absolute Gasteiger partial charge is 0.338 e. The van der Waals surface area contributed by atoms with Crippen molar-refractivity contribution in [3.8, 4) is 0 Å². The van der Waals surface area contributed by atoms with Gasteiger partial charge in [0.05, 0.1) is 6.54 Å². The van der Waals surface area contributed by atoms with Crippen LogP contribution in [0.2, 0.25) is 0 Å². The lowest BCUT2D eigenvalue weighted by molar-refractivity contribution is 0.138. The summed E-state index contributed by atoms with van der Waals surface area (Å²) in [6, 6.07) is 0. The molecule has 1 fully saturated rings. The average molecular weight is 304 g/mol. The van der Waals surface area contributed by atoms with E-state index in [9.17, 15) is 0 Å². The van der Waals surface area contributed by atoms with E-state index in [2.05, 4.69) is 25.1 Å². The van der Waals surface area contributed by atoms with E-state index in [1.165, 1.54) is 12.8 Å². The molecular formula is C15H24N6O. The van der Waals surface area contributed by atoms with E-state index < -0.39 is 0 Å². The maximum atomic E-state index is 5.30. The second kappa shape index (κ2) is 6.56. The van der Waals surface area contributed by atoms with Crippen molar-refractivity contribution in [3.05, 3.63) is 23.4 Å². The lowest BCUT2D eigenvalue weighted by Gasteiger charge is -2.31. The minimum atomic E-state index is 0.599. The lowest BCUT2D eigenvalue weighted by atomic mass is 9.98. The number of likely N-dealkylation sites (tertiary alicyclic amines) is 1. The van der Waals surface area contributed by atoms with Gasteiger partial charge in [-0.25, -0.2) is 9.67 Å². The van der Waals surface area contributed by atoms with E-state index in [0.717, 1.165) is 56.0 Å². The maximum absolute atomic E-state index is 5.30. The normalized spacial score (nSPS) is 19.7. The predicted molar refractivity (Wildman–Crippen MR) is 81.2 cm³/mol. The Labute approximate surface area is 130 Å². The molecule has 0 N–H and O–H groups in total. The molecule has 120 valence electrons. The van der Waals surface area contributed by atoms with E-state index in [-0.39, 0.29) is 0 Å². The highest BCUT2D eigenvalue weighted by Gasteiger charge is 2.23.